The van der Waals surface area contributed by atoms with Crippen molar-refractivity contribution in [2.24, 2.45) is 0 Å². The molecule has 4 rings (SSSR count). The summed E-state index contributed by atoms with van der Waals surface area (Å²) in [5.41, 5.74) is 1.54. The second-order valence-corrected chi connectivity index (χ2v) is 11.2. The Balaban J connectivity index is 1.74. The summed E-state index contributed by atoms with van der Waals surface area (Å²) >= 11 is 6.65. The summed E-state index contributed by atoms with van der Waals surface area (Å²) < 4.78 is 8.06. The summed E-state index contributed by atoms with van der Waals surface area (Å²) in [5.74, 6) is 0.530. The molecule has 8 heteroatoms. The van der Waals surface area contributed by atoms with Gasteiger partial charge in [-0.2, -0.15) is 4.98 Å². The molecule has 1 aromatic carbocycles. The van der Waals surface area contributed by atoms with Gasteiger partial charge < -0.3 is 4.74 Å². The lowest BCUT2D eigenvalue weighted by molar-refractivity contribution is -0.122. The Bertz CT molecular complexity index is 1350. The molecule has 1 fully saturated rings. The van der Waals surface area contributed by atoms with Crippen molar-refractivity contribution in [3.8, 4) is 11.6 Å². The van der Waals surface area contributed by atoms with Crippen LogP contribution in [0.2, 0.25) is 0 Å². The van der Waals surface area contributed by atoms with E-state index in [9.17, 15) is 9.59 Å². The number of thioether (sulfide) groups is 1. The van der Waals surface area contributed by atoms with Crippen molar-refractivity contribution in [2.75, 3.05) is 6.54 Å². The Kier molecular flexibility index (Phi) is 7.42. The number of rotatable bonds is 7. The Labute approximate surface area is 215 Å². The fraction of sp³-hybridized carbons (Fsp3) is 0.333. The van der Waals surface area contributed by atoms with Crippen molar-refractivity contribution >= 4 is 45.9 Å². The fourth-order valence-corrected chi connectivity index (χ4v) is 5.05. The Morgan fingerprint density at radius 1 is 1.09 bits per heavy atom. The molecule has 3 aromatic rings. The molecule has 35 heavy (non-hydrogen) atoms. The molecule has 0 aliphatic carbocycles. The van der Waals surface area contributed by atoms with Crippen molar-refractivity contribution in [2.45, 2.75) is 52.4 Å². The largest absolute Gasteiger partial charge is 0.438 e. The van der Waals surface area contributed by atoms with Crippen LogP contribution >= 0.6 is 24.0 Å². The molecule has 0 bridgehead atoms. The van der Waals surface area contributed by atoms with Crippen LogP contribution in [0.1, 0.15) is 58.1 Å². The number of unbranched alkanes of at least 4 members (excludes halogenated alkanes) is 2. The highest BCUT2D eigenvalue weighted by molar-refractivity contribution is 8.26. The number of aromatic nitrogens is 2. The molecule has 182 valence electrons. The summed E-state index contributed by atoms with van der Waals surface area (Å²) in [5, 5.41) is 0. The van der Waals surface area contributed by atoms with Crippen LogP contribution < -0.4 is 10.3 Å². The number of amides is 1. The maximum absolute atomic E-state index is 13.4. The monoisotopic (exact) mass is 507 g/mol. The van der Waals surface area contributed by atoms with E-state index in [0.29, 0.717) is 27.2 Å². The zero-order valence-corrected chi connectivity index (χ0v) is 22.0. The van der Waals surface area contributed by atoms with E-state index in [-0.39, 0.29) is 28.3 Å². The van der Waals surface area contributed by atoms with Gasteiger partial charge in [-0.1, -0.05) is 82.7 Å². The third kappa shape index (κ3) is 5.49. The molecule has 1 amide bonds. The number of hydrogen-bond acceptors (Lipinski definition) is 6. The Morgan fingerprint density at radius 3 is 2.51 bits per heavy atom. The van der Waals surface area contributed by atoms with Crippen LogP contribution in [0.15, 0.2) is 58.4 Å². The number of ether oxygens (including phenoxy) is 1. The highest BCUT2D eigenvalue weighted by Gasteiger charge is 2.32. The first-order valence-corrected chi connectivity index (χ1v) is 13.0. The maximum atomic E-state index is 13.4. The molecule has 1 aliphatic rings. The minimum atomic E-state index is -0.312. The van der Waals surface area contributed by atoms with Crippen molar-refractivity contribution in [1.82, 2.24) is 14.3 Å². The van der Waals surface area contributed by atoms with Crippen molar-refractivity contribution in [3.63, 3.8) is 0 Å². The molecule has 0 unspecified atom stereocenters. The second-order valence-electron chi connectivity index (χ2n) is 9.48. The topological polar surface area (TPSA) is 63.9 Å². The SMILES string of the molecule is CCCCCN1C(=O)/C(=C/c2c(Oc3ccc(C(C)(C)C)cc3)nc3ccccn3c2=O)SC1=S. The average molecular weight is 508 g/mol. The number of pyridine rings is 1. The maximum Gasteiger partial charge on any atom is 0.269 e. The quantitative estimate of drug-likeness (QED) is 0.216. The van der Waals surface area contributed by atoms with Gasteiger partial charge in [-0.3, -0.25) is 18.9 Å². The van der Waals surface area contributed by atoms with E-state index in [1.54, 1.807) is 29.3 Å². The van der Waals surface area contributed by atoms with Gasteiger partial charge in [0, 0.05) is 12.7 Å². The molecular weight excluding hydrogens is 478 g/mol. The zero-order valence-electron chi connectivity index (χ0n) is 20.4. The van der Waals surface area contributed by atoms with Gasteiger partial charge >= 0.3 is 0 Å². The number of nitrogens with zero attached hydrogens (tertiary/aromatic N) is 3. The average Bonchev–Trinajstić information content (AvgIpc) is 3.09. The van der Waals surface area contributed by atoms with Gasteiger partial charge in [0.05, 0.1) is 4.91 Å². The van der Waals surface area contributed by atoms with Crippen molar-refractivity contribution in [1.29, 1.82) is 0 Å². The number of benzene rings is 1. The Morgan fingerprint density at radius 2 is 1.83 bits per heavy atom. The van der Waals surface area contributed by atoms with E-state index in [0.717, 1.165) is 19.3 Å². The van der Waals surface area contributed by atoms with Crippen LogP contribution in [-0.2, 0) is 10.2 Å². The number of hydrogen-bond donors (Lipinski definition) is 0. The van der Waals surface area contributed by atoms with Gasteiger partial charge in [-0.25, -0.2) is 0 Å². The molecular formula is C27H29N3O3S2. The first kappa shape index (κ1) is 25.1. The molecule has 3 heterocycles. The number of carbonyl (C=O) groups excluding carboxylic acids is 1. The standard InChI is InChI=1S/C27H29N3O3S2/c1-5-6-8-16-30-25(32)21(35-26(30)34)17-20-23(28-22-10-7-9-15-29(22)24(20)31)33-19-13-11-18(12-14-19)27(2,3)4/h7,9-15,17H,5-6,8,16H2,1-4H3/b21-17-. The third-order valence-corrected chi connectivity index (χ3v) is 7.18. The lowest BCUT2D eigenvalue weighted by Gasteiger charge is -2.19. The molecule has 0 radical (unpaired) electrons. The van der Waals surface area contributed by atoms with Gasteiger partial charge in [0.15, 0.2) is 0 Å². The lowest BCUT2D eigenvalue weighted by Crippen LogP contribution is -2.29. The van der Waals surface area contributed by atoms with Gasteiger partial charge in [-0.05, 0) is 47.7 Å². The lowest BCUT2D eigenvalue weighted by atomic mass is 9.87. The first-order valence-electron chi connectivity index (χ1n) is 11.7. The molecule has 0 spiro atoms. The highest BCUT2D eigenvalue weighted by Crippen LogP contribution is 2.34. The smallest absolute Gasteiger partial charge is 0.269 e. The summed E-state index contributed by atoms with van der Waals surface area (Å²) in [7, 11) is 0. The van der Waals surface area contributed by atoms with E-state index in [1.165, 1.54) is 21.7 Å². The van der Waals surface area contributed by atoms with Crippen LogP contribution in [0.5, 0.6) is 11.6 Å². The normalized spacial score (nSPS) is 15.4. The summed E-state index contributed by atoms with van der Waals surface area (Å²) in [6.07, 6.45) is 6.18. The predicted molar refractivity (Wildman–Crippen MR) is 146 cm³/mol. The molecule has 1 aliphatic heterocycles. The fourth-order valence-electron chi connectivity index (χ4n) is 3.76. The van der Waals surface area contributed by atoms with Crippen LogP contribution in [0, 0.1) is 0 Å². The van der Waals surface area contributed by atoms with Crippen LogP contribution in [0.25, 0.3) is 11.7 Å². The summed E-state index contributed by atoms with van der Waals surface area (Å²) in [6.45, 7) is 9.12. The molecule has 0 atom stereocenters. The molecule has 2 aromatic heterocycles. The number of carbonyl (C=O) groups is 1. The van der Waals surface area contributed by atoms with Gasteiger partial charge in [0.2, 0.25) is 5.88 Å². The van der Waals surface area contributed by atoms with Crippen LogP contribution in [0.4, 0.5) is 0 Å². The summed E-state index contributed by atoms with van der Waals surface area (Å²) in [4.78, 5) is 33.1. The minimum absolute atomic E-state index is 0.00954. The molecule has 0 N–H and O–H groups in total. The zero-order chi connectivity index (χ0) is 25.2. The molecule has 1 saturated heterocycles. The van der Waals surface area contributed by atoms with Gasteiger partial charge in [0.1, 0.15) is 21.3 Å². The van der Waals surface area contributed by atoms with E-state index in [2.05, 4.69) is 32.7 Å². The Hall–Kier alpha value is -2.97. The highest BCUT2D eigenvalue weighted by atomic mass is 32.2. The third-order valence-electron chi connectivity index (χ3n) is 5.80. The van der Waals surface area contributed by atoms with Crippen molar-refractivity contribution in [3.05, 3.63) is 75.0 Å². The minimum Gasteiger partial charge on any atom is -0.438 e. The molecule has 6 nitrogen and oxygen atoms in total. The van der Waals surface area contributed by atoms with E-state index in [1.807, 2.05) is 30.3 Å². The van der Waals surface area contributed by atoms with Gasteiger partial charge in [-0.15, -0.1) is 0 Å². The van der Waals surface area contributed by atoms with E-state index in [4.69, 9.17) is 17.0 Å². The number of thiocarbonyl (C=S) groups is 1. The van der Waals surface area contributed by atoms with Crippen molar-refractivity contribution < 1.29 is 9.53 Å². The predicted octanol–water partition coefficient (Wildman–Crippen LogP) is 6.18. The summed E-state index contributed by atoms with van der Waals surface area (Å²) in [6, 6.07) is 13.1. The van der Waals surface area contributed by atoms with Crippen LogP contribution in [-0.4, -0.2) is 31.1 Å². The van der Waals surface area contributed by atoms with Gasteiger partial charge in [0.25, 0.3) is 11.5 Å². The second kappa shape index (κ2) is 10.3. The van der Waals surface area contributed by atoms with E-state index >= 15 is 0 Å². The molecule has 0 saturated carbocycles. The number of fused-ring (bicyclic) bond motifs is 1. The first-order chi connectivity index (χ1) is 16.7. The van der Waals surface area contributed by atoms with E-state index < -0.39 is 0 Å². The van der Waals surface area contributed by atoms with Crippen LogP contribution in [0.3, 0.4) is 0 Å².